The van der Waals surface area contributed by atoms with Crippen molar-refractivity contribution in [2.24, 2.45) is 5.92 Å². The quantitative estimate of drug-likeness (QED) is 0.807. The molecular weight excluding hydrogens is 242 g/mol. The van der Waals surface area contributed by atoms with Gasteiger partial charge in [-0.3, -0.25) is 9.35 Å². The molecule has 1 atom stereocenters. The fourth-order valence-electron chi connectivity index (χ4n) is 1.16. The maximum absolute atomic E-state index is 11.5. The predicted molar refractivity (Wildman–Crippen MR) is 64.3 cm³/mol. The lowest BCUT2D eigenvalue weighted by molar-refractivity contribution is -0.119. The topological polar surface area (TPSA) is 83.5 Å². The molecule has 1 aromatic rings. The third kappa shape index (κ3) is 3.83. The number of rotatable bonds is 4. The van der Waals surface area contributed by atoms with E-state index in [-0.39, 0.29) is 16.7 Å². The van der Waals surface area contributed by atoms with Gasteiger partial charge < -0.3 is 5.32 Å². The minimum absolute atomic E-state index is 0.101. The summed E-state index contributed by atoms with van der Waals surface area (Å²) in [7, 11) is -4.18. The molecule has 0 aromatic heterocycles. The second kappa shape index (κ2) is 5.29. The molecular formula is C11H15NO4S. The zero-order chi connectivity index (χ0) is 13.1. The van der Waals surface area contributed by atoms with Crippen LogP contribution in [0.15, 0.2) is 29.2 Å². The molecule has 0 saturated carbocycles. The molecule has 1 rings (SSSR count). The molecule has 0 heterocycles. The van der Waals surface area contributed by atoms with Crippen LogP contribution in [-0.2, 0) is 14.9 Å². The third-order valence-corrected chi connectivity index (χ3v) is 3.35. The van der Waals surface area contributed by atoms with E-state index >= 15 is 0 Å². The minimum Gasteiger partial charge on any atom is -0.326 e. The second-order valence-corrected chi connectivity index (χ2v) is 5.22. The molecule has 0 saturated heterocycles. The zero-order valence-electron chi connectivity index (χ0n) is 9.67. The van der Waals surface area contributed by atoms with Crippen LogP contribution >= 0.6 is 0 Å². The summed E-state index contributed by atoms with van der Waals surface area (Å²) in [5, 5.41) is 2.66. The maximum atomic E-state index is 11.5. The fraction of sp³-hybridized carbons (Fsp3) is 0.364. The van der Waals surface area contributed by atoms with Gasteiger partial charge in [-0.2, -0.15) is 8.42 Å². The first-order valence-electron chi connectivity index (χ1n) is 5.23. The van der Waals surface area contributed by atoms with Crippen LogP contribution in [0.4, 0.5) is 5.69 Å². The van der Waals surface area contributed by atoms with Crippen LogP contribution < -0.4 is 5.32 Å². The smallest absolute Gasteiger partial charge is 0.294 e. The summed E-state index contributed by atoms with van der Waals surface area (Å²) in [4.78, 5) is 11.4. The molecule has 1 unspecified atom stereocenters. The normalized spacial score (nSPS) is 13.1. The van der Waals surface area contributed by atoms with E-state index in [0.717, 1.165) is 6.42 Å². The maximum Gasteiger partial charge on any atom is 0.294 e. The minimum atomic E-state index is -4.18. The van der Waals surface area contributed by atoms with Crippen LogP contribution in [0, 0.1) is 5.92 Å². The van der Waals surface area contributed by atoms with E-state index < -0.39 is 10.1 Å². The van der Waals surface area contributed by atoms with Crippen LogP contribution in [0.25, 0.3) is 0 Å². The number of hydrogen-bond acceptors (Lipinski definition) is 3. The van der Waals surface area contributed by atoms with Gasteiger partial charge in [0.05, 0.1) is 4.90 Å². The summed E-state index contributed by atoms with van der Waals surface area (Å²) in [6.07, 6.45) is 0.731. The molecule has 1 aromatic carbocycles. The van der Waals surface area contributed by atoms with Crippen molar-refractivity contribution in [2.45, 2.75) is 25.2 Å². The summed E-state index contributed by atoms with van der Waals surface area (Å²) in [6.45, 7) is 3.72. The Bertz CT molecular complexity index is 493. The van der Waals surface area contributed by atoms with E-state index in [1.165, 1.54) is 24.3 Å². The van der Waals surface area contributed by atoms with Gasteiger partial charge in [0.25, 0.3) is 10.1 Å². The highest BCUT2D eigenvalue weighted by Crippen LogP contribution is 2.15. The molecule has 17 heavy (non-hydrogen) atoms. The Morgan fingerprint density at radius 1 is 1.35 bits per heavy atom. The van der Waals surface area contributed by atoms with Crippen molar-refractivity contribution in [1.29, 1.82) is 0 Å². The number of benzene rings is 1. The van der Waals surface area contributed by atoms with Gasteiger partial charge in [0.1, 0.15) is 0 Å². The van der Waals surface area contributed by atoms with Crippen LogP contribution in [0.1, 0.15) is 20.3 Å². The SMILES string of the molecule is CCC(C)C(=O)Nc1ccc(S(=O)(=O)O)cc1. The van der Waals surface area contributed by atoms with E-state index in [0.29, 0.717) is 5.69 Å². The van der Waals surface area contributed by atoms with Gasteiger partial charge in [-0.15, -0.1) is 0 Å². The Labute approximate surface area is 101 Å². The van der Waals surface area contributed by atoms with Crippen molar-refractivity contribution in [3.05, 3.63) is 24.3 Å². The van der Waals surface area contributed by atoms with E-state index in [9.17, 15) is 13.2 Å². The average Bonchev–Trinajstić information content (AvgIpc) is 2.27. The molecule has 94 valence electrons. The Balaban J connectivity index is 2.79. The zero-order valence-corrected chi connectivity index (χ0v) is 10.5. The highest BCUT2D eigenvalue weighted by molar-refractivity contribution is 7.85. The summed E-state index contributed by atoms with van der Waals surface area (Å²) in [5.41, 5.74) is 0.503. The molecule has 0 aliphatic heterocycles. The summed E-state index contributed by atoms with van der Waals surface area (Å²) in [6, 6.07) is 5.34. The standard InChI is InChI=1S/C11H15NO4S/c1-3-8(2)11(13)12-9-4-6-10(7-5-9)17(14,15)16/h4-8H,3H2,1-2H3,(H,12,13)(H,14,15,16). The van der Waals surface area contributed by atoms with Gasteiger partial charge in [0.2, 0.25) is 5.91 Å². The van der Waals surface area contributed by atoms with E-state index in [4.69, 9.17) is 4.55 Å². The average molecular weight is 257 g/mol. The van der Waals surface area contributed by atoms with Gasteiger partial charge >= 0.3 is 0 Å². The van der Waals surface area contributed by atoms with Crippen LogP contribution in [-0.4, -0.2) is 18.9 Å². The fourth-order valence-corrected chi connectivity index (χ4v) is 1.64. The predicted octanol–water partition coefficient (Wildman–Crippen LogP) is 1.92. The van der Waals surface area contributed by atoms with Crippen molar-refractivity contribution >= 4 is 21.7 Å². The van der Waals surface area contributed by atoms with E-state index in [2.05, 4.69) is 5.32 Å². The van der Waals surface area contributed by atoms with Crippen molar-refractivity contribution < 1.29 is 17.8 Å². The molecule has 0 aliphatic rings. The summed E-state index contributed by atoms with van der Waals surface area (Å²) >= 11 is 0. The lowest BCUT2D eigenvalue weighted by Crippen LogP contribution is -2.19. The first kappa shape index (κ1) is 13.7. The van der Waals surface area contributed by atoms with E-state index in [1.807, 2.05) is 13.8 Å². The van der Waals surface area contributed by atoms with Crippen molar-refractivity contribution in [3.8, 4) is 0 Å². The molecule has 1 amide bonds. The number of anilines is 1. The van der Waals surface area contributed by atoms with Crippen molar-refractivity contribution in [1.82, 2.24) is 0 Å². The lowest BCUT2D eigenvalue weighted by Gasteiger charge is -2.09. The summed E-state index contributed by atoms with van der Waals surface area (Å²) < 4.78 is 30.4. The molecule has 0 spiro atoms. The highest BCUT2D eigenvalue weighted by Gasteiger charge is 2.12. The number of nitrogens with one attached hydrogen (secondary N) is 1. The van der Waals surface area contributed by atoms with Crippen molar-refractivity contribution in [3.63, 3.8) is 0 Å². The molecule has 6 heteroatoms. The lowest BCUT2D eigenvalue weighted by atomic mass is 10.1. The Kier molecular flexibility index (Phi) is 4.25. The molecule has 0 radical (unpaired) electrons. The van der Waals surface area contributed by atoms with Crippen molar-refractivity contribution in [2.75, 3.05) is 5.32 Å². The molecule has 0 fully saturated rings. The van der Waals surface area contributed by atoms with Crippen LogP contribution in [0.3, 0.4) is 0 Å². The molecule has 2 N–H and O–H groups in total. The van der Waals surface area contributed by atoms with Gasteiger partial charge in [0.15, 0.2) is 0 Å². The second-order valence-electron chi connectivity index (χ2n) is 3.80. The first-order valence-corrected chi connectivity index (χ1v) is 6.67. The number of amides is 1. The Morgan fingerprint density at radius 3 is 2.29 bits per heavy atom. The third-order valence-electron chi connectivity index (χ3n) is 2.48. The first-order chi connectivity index (χ1) is 7.84. The Morgan fingerprint density at radius 2 is 1.88 bits per heavy atom. The molecule has 0 aliphatic carbocycles. The Hall–Kier alpha value is -1.40. The summed E-state index contributed by atoms with van der Waals surface area (Å²) in [5.74, 6) is -0.219. The number of hydrogen-bond donors (Lipinski definition) is 2. The molecule has 5 nitrogen and oxygen atoms in total. The van der Waals surface area contributed by atoms with Gasteiger partial charge in [-0.25, -0.2) is 0 Å². The number of carbonyl (C=O) groups excluding carboxylic acids is 1. The van der Waals surface area contributed by atoms with Crippen LogP contribution in [0.2, 0.25) is 0 Å². The van der Waals surface area contributed by atoms with Gasteiger partial charge in [0, 0.05) is 11.6 Å². The molecule has 0 bridgehead atoms. The largest absolute Gasteiger partial charge is 0.326 e. The van der Waals surface area contributed by atoms with E-state index in [1.54, 1.807) is 0 Å². The van der Waals surface area contributed by atoms with Gasteiger partial charge in [-0.05, 0) is 30.7 Å². The monoisotopic (exact) mass is 257 g/mol. The van der Waals surface area contributed by atoms with Crippen LogP contribution in [0.5, 0.6) is 0 Å². The highest BCUT2D eigenvalue weighted by atomic mass is 32.2. The van der Waals surface area contributed by atoms with Gasteiger partial charge in [-0.1, -0.05) is 13.8 Å². The number of carbonyl (C=O) groups is 1.